The van der Waals surface area contributed by atoms with Gasteiger partial charge in [0, 0.05) is 11.1 Å². The summed E-state index contributed by atoms with van der Waals surface area (Å²) in [6.45, 7) is 0. The monoisotopic (exact) mass is 369 g/mol. The fourth-order valence-electron chi connectivity index (χ4n) is 4.44. The number of phenols is 2. The van der Waals surface area contributed by atoms with Crippen LogP contribution in [0.2, 0.25) is 0 Å². The van der Waals surface area contributed by atoms with Gasteiger partial charge in [-0.1, -0.05) is 18.2 Å². The third-order valence-electron chi connectivity index (χ3n) is 5.86. The molecule has 0 fully saturated rings. The topological polar surface area (TPSA) is 53.4 Å². The lowest BCUT2D eigenvalue weighted by molar-refractivity contribution is 0.475. The molecule has 2 aliphatic rings. The molecule has 28 heavy (non-hydrogen) atoms. The summed E-state index contributed by atoms with van der Waals surface area (Å²) in [7, 11) is 0. The SMILES string of the molecule is Oc1ccc2cc3c(cc2c1)CCC3.Oc1ccc2nc3c(cc2c1)CCC3. The Morgan fingerprint density at radius 1 is 0.571 bits per heavy atom. The largest absolute Gasteiger partial charge is 0.508 e. The van der Waals surface area contributed by atoms with E-state index in [1.54, 1.807) is 18.2 Å². The molecule has 0 amide bonds. The molecule has 2 aliphatic carbocycles. The fourth-order valence-corrected chi connectivity index (χ4v) is 4.44. The van der Waals surface area contributed by atoms with Crippen LogP contribution in [0, 0.1) is 0 Å². The van der Waals surface area contributed by atoms with Gasteiger partial charge in [0.05, 0.1) is 5.52 Å². The Morgan fingerprint density at radius 3 is 2.00 bits per heavy atom. The quantitative estimate of drug-likeness (QED) is 0.432. The van der Waals surface area contributed by atoms with Gasteiger partial charge < -0.3 is 10.2 Å². The molecule has 0 radical (unpaired) electrons. The first-order valence-electron chi connectivity index (χ1n) is 10.0. The molecule has 0 spiro atoms. The van der Waals surface area contributed by atoms with Crippen molar-refractivity contribution < 1.29 is 10.2 Å². The highest BCUT2D eigenvalue weighted by atomic mass is 16.3. The summed E-state index contributed by atoms with van der Waals surface area (Å²) in [5, 5.41) is 22.2. The second-order valence-corrected chi connectivity index (χ2v) is 7.83. The van der Waals surface area contributed by atoms with E-state index in [1.807, 2.05) is 18.2 Å². The number of nitrogens with zero attached hydrogens (tertiary/aromatic N) is 1. The van der Waals surface area contributed by atoms with E-state index in [9.17, 15) is 10.2 Å². The van der Waals surface area contributed by atoms with E-state index in [2.05, 4.69) is 23.2 Å². The third kappa shape index (κ3) is 3.18. The highest BCUT2D eigenvalue weighted by Gasteiger charge is 2.13. The van der Waals surface area contributed by atoms with Crippen molar-refractivity contribution in [1.29, 1.82) is 0 Å². The highest BCUT2D eigenvalue weighted by molar-refractivity contribution is 5.85. The van der Waals surface area contributed by atoms with Crippen LogP contribution < -0.4 is 0 Å². The van der Waals surface area contributed by atoms with Gasteiger partial charge in [-0.25, -0.2) is 0 Å². The number of aromatic nitrogens is 1. The van der Waals surface area contributed by atoms with Crippen molar-refractivity contribution in [1.82, 2.24) is 4.98 Å². The number of aromatic hydroxyl groups is 2. The normalized spacial score (nSPS) is 14.6. The van der Waals surface area contributed by atoms with Gasteiger partial charge in [0.25, 0.3) is 0 Å². The van der Waals surface area contributed by atoms with E-state index in [0.29, 0.717) is 11.5 Å². The van der Waals surface area contributed by atoms with Gasteiger partial charge in [-0.15, -0.1) is 0 Å². The van der Waals surface area contributed by atoms with Crippen LogP contribution in [-0.2, 0) is 25.7 Å². The number of pyridine rings is 1. The Labute approximate surface area is 164 Å². The Bertz CT molecular complexity index is 1100. The lowest BCUT2D eigenvalue weighted by Crippen LogP contribution is -1.88. The molecule has 4 aromatic rings. The molecule has 1 aromatic heterocycles. The van der Waals surface area contributed by atoms with Crippen molar-refractivity contribution >= 4 is 21.7 Å². The first-order valence-corrected chi connectivity index (χ1v) is 10.0. The minimum absolute atomic E-state index is 0.317. The minimum Gasteiger partial charge on any atom is -0.508 e. The molecular weight excluding hydrogens is 346 g/mol. The number of benzene rings is 3. The van der Waals surface area contributed by atoms with Crippen LogP contribution in [0.25, 0.3) is 21.7 Å². The van der Waals surface area contributed by atoms with Crippen LogP contribution >= 0.6 is 0 Å². The van der Waals surface area contributed by atoms with Gasteiger partial charge in [-0.05, 0) is 102 Å². The van der Waals surface area contributed by atoms with Crippen molar-refractivity contribution in [2.45, 2.75) is 38.5 Å². The van der Waals surface area contributed by atoms with Crippen LogP contribution in [0.5, 0.6) is 11.5 Å². The minimum atomic E-state index is 0.317. The number of aryl methyl sites for hydroxylation is 4. The number of hydrogen-bond donors (Lipinski definition) is 2. The molecule has 3 heteroatoms. The zero-order chi connectivity index (χ0) is 19.1. The standard InChI is InChI=1S/C13H12O.C12H11NO/c14-13-5-4-11-6-9-2-1-3-10(9)7-12(11)8-13;14-10-4-5-12-9(7-10)6-8-2-1-3-11(8)13-12/h4-8,14H,1-3H2;4-7,14H,1-3H2. The summed E-state index contributed by atoms with van der Waals surface area (Å²) in [6.07, 6.45) is 7.13. The Morgan fingerprint density at radius 2 is 1.18 bits per heavy atom. The van der Waals surface area contributed by atoms with Crippen molar-refractivity contribution in [2.75, 3.05) is 0 Å². The van der Waals surface area contributed by atoms with Crippen molar-refractivity contribution in [3.05, 3.63) is 77.0 Å². The van der Waals surface area contributed by atoms with Crippen LogP contribution in [0.3, 0.4) is 0 Å². The lowest BCUT2D eigenvalue weighted by Gasteiger charge is -2.03. The van der Waals surface area contributed by atoms with E-state index in [1.165, 1.54) is 53.5 Å². The summed E-state index contributed by atoms with van der Waals surface area (Å²) in [5.74, 6) is 0.674. The second kappa shape index (κ2) is 6.83. The van der Waals surface area contributed by atoms with E-state index in [4.69, 9.17) is 0 Å². The molecular formula is C25H23NO2. The van der Waals surface area contributed by atoms with Gasteiger partial charge in [-0.3, -0.25) is 4.98 Å². The maximum absolute atomic E-state index is 9.38. The van der Waals surface area contributed by atoms with Crippen LogP contribution in [0.1, 0.15) is 35.2 Å². The maximum Gasteiger partial charge on any atom is 0.116 e. The predicted molar refractivity (Wildman–Crippen MR) is 113 cm³/mol. The average Bonchev–Trinajstić information content (AvgIpc) is 3.33. The number of rotatable bonds is 0. The molecule has 140 valence electrons. The molecule has 2 N–H and O–H groups in total. The predicted octanol–water partition coefficient (Wildman–Crippen LogP) is 5.46. The van der Waals surface area contributed by atoms with E-state index in [0.717, 1.165) is 29.1 Å². The van der Waals surface area contributed by atoms with Crippen molar-refractivity contribution in [3.63, 3.8) is 0 Å². The number of fused-ring (bicyclic) bond motifs is 4. The molecule has 0 aliphatic heterocycles. The first kappa shape index (κ1) is 17.1. The summed E-state index contributed by atoms with van der Waals surface area (Å²) >= 11 is 0. The van der Waals surface area contributed by atoms with Gasteiger partial charge >= 0.3 is 0 Å². The van der Waals surface area contributed by atoms with E-state index < -0.39 is 0 Å². The van der Waals surface area contributed by atoms with Gasteiger partial charge in [0.15, 0.2) is 0 Å². The lowest BCUT2D eigenvalue weighted by atomic mass is 10.0. The van der Waals surface area contributed by atoms with Crippen LogP contribution in [0.4, 0.5) is 0 Å². The highest BCUT2D eigenvalue weighted by Crippen LogP contribution is 2.29. The summed E-state index contributed by atoms with van der Waals surface area (Å²) in [5.41, 5.74) is 6.53. The zero-order valence-corrected chi connectivity index (χ0v) is 15.8. The molecule has 0 atom stereocenters. The van der Waals surface area contributed by atoms with E-state index >= 15 is 0 Å². The Kier molecular flexibility index (Phi) is 4.16. The smallest absolute Gasteiger partial charge is 0.116 e. The number of phenolic OH excluding ortho intramolecular Hbond substituents is 2. The zero-order valence-electron chi connectivity index (χ0n) is 15.8. The fraction of sp³-hybridized carbons (Fsp3) is 0.240. The molecule has 3 aromatic carbocycles. The maximum atomic E-state index is 9.38. The van der Waals surface area contributed by atoms with Gasteiger partial charge in [0.2, 0.25) is 0 Å². The van der Waals surface area contributed by atoms with Crippen LogP contribution in [-0.4, -0.2) is 15.2 Å². The van der Waals surface area contributed by atoms with Crippen molar-refractivity contribution in [3.8, 4) is 11.5 Å². The average molecular weight is 369 g/mol. The van der Waals surface area contributed by atoms with Crippen LogP contribution in [0.15, 0.2) is 54.6 Å². The molecule has 3 nitrogen and oxygen atoms in total. The van der Waals surface area contributed by atoms with Gasteiger partial charge in [0.1, 0.15) is 11.5 Å². The van der Waals surface area contributed by atoms with Gasteiger partial charge in [-0.2, -0.15) is 0 Å². The molecule has 0 saturated heterocycles. The summed E-state index contributed by atoms with van der Waals surface area (Å²) in [6, 6.07) is 17.6. The molecule has 0 unspecified atom stereocenters. The molecule has 6 rings (SSSR count). The van der Waals surface area contributed by atoms with Crippen molar-refractivity contribution in [2.24, 2.45) is 0 Å². The molecule has 0 saturated carbocycles. The Balaban J connectivity index is 0.000000122. The molecule has 1 heterocycles. The third-order valence-corrected chi connectivity index (χ3v) is 5.86. The Hall–Kier alpha value is -3.07. The molecule has 0 bridgehead atoms. The summed E-state index contributed by atoms with van der Waals surface area (Å²) < 4.78 is 0. The number of hydrogen-bond acceptors (Lipinski definition) is 3. The second-order valence-electron chi connectivity index (χ2n) is 7.83. The van der Waals surface area contributed by atoms with E-state index in [-0.39, 0.29) is 0 Å². The summed E-state index contributed by atoms with van der Waals surface area (Å²) in [4.78, 5) is 4.59. The first-order chi connectivity index (χ1) is 13.7.